The molecule has 21 heavy (non-hydrogen) atoms. The lowest BCUT2D eigenvalue weighted by molar-refractivity contribution is 0.0952. The molecule has 0 spiro atoms. The maximum Gasteiger partial charge on any atom is 0.251 e. The van der Waals surface area contributed by atoms with Crippen LogP contribution in [0.5, 0.6) is 5.75 Å². The summed E-state index contributed by atoms with van der Waals surface area (Å²) in [6.45, 7) is 2.28. The number of nitrogens with one attached hydrogen (secondary N) is 1. The second-order valence-electron chi connectivity index (χ2n) is 5.06. The van der Waals surface area contributed by atoms with Gasteiger partial charge in [-0.15, -0.1) is 0 Å². The molecule has 0 aliphatic carbocycles. The van der Waals surface area contributed by atoms with E-state index in [0.717, 1.165) is 11.1 Å². The van der Waals surface area contributed by atoms with Crippen LogP contribution >= 0.6 is 0 Å². The van der Waals surface area contributed by atoms with Crippen molar-refractivity contribution < 1.29 is 9.90 Å². The lowest BCUT2D eigenvalue weighted by atomic mass is 10.0. The van der Waals surface area contributed by atoms with Gasteiger partial charge in [0, 0.05) is 18.2 Å². The van der Waals surface area contributed by atoms with Gasteiger partial charge in [0.1, 0.15) is 5.75 Å². The SMILES string of the molecule is Cc1ccc(C(=O)NCCC(N)c2ccccc2)cc1O. The second kappa shape index (κ2) is 6.90. The van der Waals surface area contributed by atoms with Gasteiger partial charge >= 0.3 is 0 Å². The molecule has 2 aromatic rings. The summed E-state index contributed by atoms with van der Waals surface area (Å²) in [5.41, 5.74) is 8.33. The zero-order chi connectivity index (χ0) is 15.2. The molecule has 2 rings (SSSR count). The second-order valence-corrected chi connectivity index (χ2v) is 5.06. The van der Waals surface area contributed by atoms with Crippen LogP contribution < -0.4 is 11.1 Å². The Morgan fingerprint density at radius 2 is 1.95 bits per heavy atom. The Bertz CT molecular complexity index is 611. The highest BCUT2D eigenvalue weighted by atomic mass is 16.3. The number of aromatic hydroxyl groups is 1. The van der Waals surface area contributed by atoms with Crippen LogP contribution in [-0.4, -0.2) is 17.6 Å². The molecule has 2 aromatic carbocycles. The van der Waals surface area contributed by atoms with E-state index in [2.05, 4.69) is 5.32 Å². The highest BCUT2D eigenvalue weighted by Crippen LogP contribution is 2.17. The average molecular weight is 284 g/mol. The Hall–Kier alpha value is -2.33. The summed E-state index contributed by atoms with van der Waals surface area (Å²) < 4.78 is 0. The molecule has 0 heterocycles. The van der Waals surface area contributed by atoms with E-state index in [1.54, 1.807) is 19.1 Å². The molecule has 1 amide bonds. The average Bonchev–Trinajstić information content (AvgIpc) is 2.50. The summed E-state index contributed by atoms with van der Waals surface area (Å²) >= 11 is 0. The zero-order valence-corrected chi connectivity index (χ0v) is 12.0. The van der Waals surface area contributed by atoms with Crippen molar-refractivity contribution in [1.29, 1.82) is 0 Å². The van der Waals surface area contributed by atoms with Crippen LogP contribution in [-0.2, 0) is 0 Å². The molecule has 1 atom stereocenters. The summed E-state index contributed by atoms with van der Waals surface area (Å²) in [5.74, 6) is -0.0748. The number of phenols is 1. The van der Waals surface area contributed by atoms with Crippen LogP contribution in [0.15, 0.2) is 48.5 Å². The van der Waals surface area contributed by atoms with Crippen LogP contribution in [0.4, 0.5) is 0 Å². The Morgan fingerprint density at radius 1 is 1.24 bits per heavy atom. The van der Waals surface area contributed by atoms with Gasteiger partial charge in [0.05, 0.1) is 0 Å². The zero-order valence-electron chi connectivity index (χ0n) is 12.0. The number of nitrogens with two attached hydrogens (primary N) is 1. The van der Waals surface area contributed by atoms with Crippen LogP contribution in [0.3, 0.4) is 0 Å². The maximum atomic E-state index is 12.0. The van der Waals surface area contributed by atoms with E-state index < -0.39 is 0 Å². The van der Waals surface area contributed by atoms with Gasteiger partial charge in [0.25, 0.3) is 5.91 Å². The molecule has 4 heteroatoms. The quantitative estimate of drug-likeness (QED) is 0.789. The maximum absolute atomic E-state index is 12.0. The molecular formula is C17H20N2O2. The van der Waals surface area contributed by atoms with Crippen molar-refractivity contribution in [1.82, 2.24) is 5.32 Å². The number of hydrogen-bond acceptors (Lipinski definition) is 3. The smallest absolute Gasteiger partial charge is 0.251 e. The minimum absolute atomic E-state index is 0.0991. The molecule has 0 aliphatic rings. The summed E-state index contributed by atoms with van der Waals surface area (Å²) in [5, 5.41) is 12.4. The van der Waals surface area contributed by atoms with Crippen molar-refractivity contribution in [3.8, 4) is 5.75 Å². The van der Waals surface area contributed by atoms with E-state index in [-0.39, 0.29) is 17.7 Å². The lowest BCUT2D eigenvalue weighted by Gasteiger charge is -2.12. The van der Waals surface area contributed by atoms with Gasteiger partial charge in [-0.25, -0.2) is 0 Å². The predicted octanol–water partition coefficient (Wildman–Crippen LogP) is 2.52. The number of carbonyl (C=O) groups is 1. The molecule has 0 saturated heterocycles. The van der Waals surface area contributed by atoms with E-state index in [4.69, 9.17) is 5.73 Å². The summed E-state index contributed by atoms with van der Waals surface area (Å²) in [4.78, 5) is 12.0. The van der Waals surface area contributed by atoms with Crippen molar-refractivity contribution in [2.45, 2.75) is 19.4 Å². The third kappa shape index (κ3) is 4.07. The number of benzene rings is 2. The van der Waals surface area contributed by atoms with Gasteiger partial charge in [0.2, 0.25) is 0 Å². The number of amides is 1. The fourth-order valence-electron chi connectivity index (χ4n) is 2.06. The molecule has 0 aliphatic heterocycles. The fraction of sp³-hybridized carbons (Fsp3) is 0.235. The molecule has 4 nitrogen and oxygen atoms in total. The van der Waals surface area contributed by atoms with Crippen LogP contribution in [0, 0.1) is 6.92 Å². The number of rotatable bonds is 5. The molecule has 0 aromatic heterocycles. The van der Waals surface area contributed by atoms with Gasteiger partial charge in [-0.05, 0) is 36.6 Å². The number of hydrogen-bond donors (Lipinski definition) is 3. The highest BCUT2D eigenvalue weighted by molar-refractivity contribution is 5.94. The van der Waals surface area contributed by atoms with Crippen molar-refractivity contribution in [3.63, 3.8) is 0 Å². The Balaban J connectivity index is 1.85. The van der Waals surface area contributed by atoms with Gasteiger partial charge in [-0.2, -0.15) is 0 Å². The van der Waals surface area contributed by atoms with Crippen molar-refractivity contribution >= 4 is 5.91 Å². The first-order chi connectivity index (χ1) is 10.1. The number of aryl methyl sites for hydroxylation is 1. The third-order valence-electron chi connectivity index (χ3n) is 3.44. The lowest BCUT2D eigenvalue weighted by Crippen LogP contribution is -2.27. The standard InChI is InChI=1S/C17H20N2O2/c1-12-7-8-14(11-16(12)20)17(21)19-10-9-15(18)13-5-3-2-4-6-13/h2-8,11,15,20H,9-10,18H2,1H3,(H,19,21). The molecule has 0 radical (unpaired) electrons. The highest BCUT2D eigenvalue weighted by Gasteiger charge is 2.09. The van der Waals surface area contributed by atoms with E-state index >= 15 is 0 Å². The molecule has 110 valence electrons. The Kier molecular flexibility index (Phi) is 4.95. The molecule has 0 saturated carbocycles. The first kappa shape index (κ1) is 15.1. The number of carbonyl (C=O) groups excluding carboxylic acids is 1. The molecule has 0 fully saturated rings. The van der Waals surface area contributed by atoms with E-state index in [1.165, 1.54) is 6.07 Å². The monoisotopic (exact) mass is 284 g/mol. The predicted molar refractivity (Wildman–Crippen MR) is 83.2 cm³/mol. The van der Waals surface area contributed by atoms with E-state index in [0.29, 0.717) is 18.5 Å². The topological polar surface area (TPSA) is 75.4 Å². The van der Waals surface area contributed by atoms with Crippen molar-refractivity contribution in [3.05, 3.63) is 65.2 Å². The Labute approximate surface area is 124 Å². The summed E-state index contributed by atoms with van der Waals surface area (Å²) in [6.07, 6.45) is 0.660. The summed E-state index contributed by atoms with van der Waals surface area (Å²) in [6, 6.07) is 14.6. The third-order valence-corrected chi connectivity index (χ3v) is 3.44. The minimum atomic E-state index is -0.203. The van der Waals surface area contributed by atoms with Gasteiger partial charge in [0.15, 0.2) is 0 Å². The first-order valence-corrected chi connectivity index (χ1v) is 6.96. The van der Waals surface area contributed by atoms with Gasteiger partial charge in [-0.3, -0.25) is 4.79 Å². The van der Waals surface area contributed by atoms with Crippen LogP contribution in [0.25, 0.3) is 0 Å². The van der Waals surface area contributed by atoms with E-state index in [1.807, 2.05) is 30.3 Å². The van der Waals surface area contributed by atoms with Crippen molar-refractivity contribution in [2.75, 3.05) is 6.54 Å². The normalized spacial score (nSPS) is 11.9. The minimum Gasteiger partial charge on any atom is -0.508 e. The fourth-order valence-corrected chi connectivity index (χ4v) is 2.06. The number of phenolic OH excluding ortho intramolecular Hbond substituents is 1. The van der Waals surface area contributed by atoms with Crippen LogP contribution in [0.1, 0.15) is 33.9 Å². The van der Waals surface area contributed by atoms with Crippen molar-refractivity contribution in [2.24, 2.45) is 5.73 Å². The summed E-state index contributed by atoms with van der Waals surface area (Å²) in [7, 11) is 0. The van der Waals surface area contributed by atoms with Crippen LogP contribution in [0.2, 0.25) is 0 Å². The molecular weight excluding hydrogens is 264 g/mol. The first-order valence-electron chi connectivity index (χ1n) is 6.96. The van der Waals surface area contributed by atoms with Gasteiger partial charge < -0.3 is 16.2 Å². The Morgan fingerprint density at radius 3 is 2.62 bits per heavy atom. The molecule has 4 N–H and O–H groups in total. The molecule has 0 bridgehead atoms. The largest absolute Gasteiger partial charge is 0.508 e. The molecule has 1 unspecified atom stereocenters. The van der Waals surface area contributed by atoms with Gasteiger partial charge in [-0.1, -0.05) is 36.4 Å². The van der Waals surface area contributed by atoms with E-state index in [9.17, 15) is 9.90 Å².